The number of carbonyl (C=O) groups is 2. The molecule has 2 amide bonds. The molecule has 7 heteroatoms. The lowest BCUT2D eigenvalue weighted by Gasteiger charge is -2.31. The van der Waals surface area contributed by atoms with Crippen LogP contribution in [-0.4, -0.2) is 34.6 Å². The van der Waals surface area contributed by atoms with E-state index < -0.39 is 6.04 Å². The van der Waals surface area contributed by atoms with Gasteiger partial charge in [-0.1, -0.05) is 60.7 Å². The number of benzene rings is 2. The molecule has 166 valence electrons. The summed E-state index contributed by atoms with van der Waals surface area (Å²) >= 11 is 13.7. The average Bonchev–Trinajstić information content (AvgIpc) is 2.78. The van der Waals surface area contributed by atoms with E-state index in [0.29, 0.717) is 16.6 Å². The van der Waals surface area contributed by atoms with Crippen molar-refractivity contribution in [1.82, 2.24) is 10.2 Å². The Kier molecular flexibility index (Phi) is 9.12. The zero-order valence-corrected chi connectivity index (χ0v) is 20.0. The van der Waals surface area contributed by atoms with Gasteiger partial charge < -0.3 is 10.2 Å². The highest BCUT2D eigenvalue weighted by molar-refractivity contribution is 8.00. The summed E-state index contributed by atoms with van der Waals surface area (Å²) in [4.78, 5) is 28.8. The Morgan fingerprint density at radius 2 is 1.74 bits per heavy atom. The number of nitrogens with one attached hydrogen (secondary N) is 1. The third-order valence-corrected chi connectivity index (χ3v) is 7.21. The molecule has 31 heavy (non-hydrogen) atoms. The van der Waals surface area contributed by atoms with Crippen molar-refractivity contribution in [3.05, 3.63) is 64.1 Å². The van der Waals surface area contributed by atoms with Crippen molar-refractivity contribution < 1.29 is 9.59 Å². The first-order chi connectivity index (χ1) is 14.9. The first-order valence-electron chi connectivity index (χ1n) is 10.7. The van der Waals surface area contributed by atoms with E-state index >= 15 is 0 Å². The van der Waals surface area contributed by atoms with E-state index in [1.807, 2.05) is 30.3 Å². The third-order valence-electron chi connectivity index (χ3n) is 5.59. The molecule has 1 N–H and O–H groups in total. The highest BCUT2D eigenvalue weighted by Gasteiger charge is 2.28. The summed E-state index contributed by atoms with van der Waals surface area (Å²) in [6, 6.07) is 14.4. The van der Waals surface area contributed by atoms with Gasteiger partial charge in [0.2, 0.25) is 11.8 Å². The van der Waals surface area contributed by atoms with Crippen molar-refractivity contribution in [3.63, 3.8) is 0 Å². The number of amides is 2. The van der Waals surface area contributed by atoms with Gasteiger partial charge in [-0.05, 0) is 55.7 Å². The Labute approximate surface area is 198 Å². The quantitative estimate of drug-likeness (QED) is 0.476. The Balaban J connectivity index is 1.71. The van der Waals surface area contributed by atoms with Crippen molar-refractivity contribution >= 4 is 46.8 Å². The van der Waals surface area contributed by atoms with E-state index in [-0.39, 0.29) is 23.6 Å². The van der Waals surface area contributed by atoms with E-state index in [4.69, 9.17) is 23.2 Å². The van der Waals surface area contributed by atoms with Crippen LogP contribution in [0.5, 0.6) is 0 Å². The summed E-state index contributed by atoms with van der Waals surface area (Å²) in [5, 5.41) is 4.39. The van der Waals surface area contributed by atoms with Crippen LogP contribution >= 0.6 is 35.0 Å². The SMILES string of the molecule is CC(C(=O)NC1CCCCC1)N(Cc1ccccc1Cl)C(=O)CSc1ccc(Cl)cc1. The first kappa shape index (κ1) is 24.0. The number of rotatable bonds is 8. The molecule has 2 aromatic carbocycles. The predicted molar refractivity (Wildman–Crippen MR) is 129 cm³/mol. The third kappa shape index (κ3) is 7.16. The summed E-state index contributed by atoms with van der Waals surface area (Å²) < 4.78 is 0. The lowest BCUT2D eigenvalue weighted by atomic mass is 9.95. The van der Waals surface area contributed by atoms with Gasteiger partial charge in [0.25, 0.3) is 0 Å². The maximum absolute atomic E-state index is 13.2. The second-order valence-electron chi connectivity index (χ2n) is 7.88. The largest absolute Gasteiger partial charge is 0.352 e. The minimum Gasteiger partial charge on any atom is -0.352 e. The van der Waals surface area contributed by atoms with Crippen LogP contribution in [0.2, 0.25) is 10.0 Å². The van der Waals surface area contributed by atoms with Crippen molar-refractivity contribution in [2.75, 3.05) is 5.75 Å². The number of hydrogen-bond acceptors (Lipinski definition) is 3. The number of thioether (sulfide) groups is 1. The number of halogens is 2. The van der Waals surface area contributed by atoms with Crippen LogP contribution in [0.3, 0.4) is 0 Å². The Hall–Kier alpha value is -1.69. The highest BCUT2D eigenvalue weighted by Crippen LogP contribution is 2.24. The number of nitrogens with zero attached hydrogens (tertiary/aromatic N) is 1. The smallest absolute Gasteiger partial charge is 0.242 e. The molecule has 0 bridgehead atoms. The molecule has 0 aliphatic heterocycles. The topological polar surface area (TPSA) is 49.4 Å². The van der Waals surface area contributed by atoms with Crippen molar-refractivity contribution in [3.8, 4) is 0 Å². The molecular weight excluding hydrogens is 451 g/mol. The van der Waals surface area contributed by atoms with Gasteiger partial charge in [0, 0.05) is 27.5 Å². The molecule has 0 heterocycles. The molecule has 1 fully saturated rings. The average molecular weight is 479 g/mol. The van der Waals surface area contributed by atoms with Gasteiger partial charge >= 0.3 is 0 Å². The molecule has 0 spiro atoms. The van der Waals surface area contributed by atoms with Crippen molar-refractivity contribution in [2.24, 2.45) is 0 Å². The summed E-state index contributed by atoms with van der Waals surface area (Å²) in [5.41, 5.74) is 0.825. The minimum atomic E-state index is -0.587. The van der Waals surface area contributed by atoms with E-state index in [0.717, 1.165) is 36.1 Å². The molecule has 2 aromatic rings. The Morgan fingerprint density at radius 1 is 1.06 bits per heavy atom. The first-order valence-corrected chi connectivity index (χ1v) is 12.4. The molecule has 0 saturated heterocycles. The maximum atomic E-state index is 13.2. The van der Waals surface area contributed by atoms with Crippen LogP contribution < -0.4 is 5.32 Å². The fourth-order valence-electron chi connectivity index (χ4n) is 3.72. The second-order valence-corrected chi connectivity index (χ2v) is 9.77. The minimum absolute atomic E-state index is 0.105. The summed E-state index contributed by atoms with van der Waals surface area (Å²) in [5.74, 6) is 0.0163. The van der Waals surface area contributed by atoms with Crippen LogP contribution in [-0.2, 0) is 16.1 Å². The number of carbonyl (C=O) groups excluding carboxylic acids is 2. The fraction of sp³-hybridized carbons (Fsp3) is 0.417. The molecule has 0 aromatic heterocycles. The maximum Gasteiger partial charge on any atom is 0.242 e. The normalized spacial score (nSPS) is 15.3. The molecule has 4 nitrogen and oxygen atoms in total. The van der Waals surface area contributed by atoms with Gasteiger partial charge in [0.05, 0.1) is 5.75 Å². The summed E-state index contributed by atoms with van der Waals surface area (Å²) in [6.45, 7) is 2.08. The van der Waals surface area contributed by atoms with Crippen LogP contribution in [0.25, 0.3) is 0 Å². The Bertz CT molecular complexity index is 885. The van der Waals surface area contributed by atoms with Gasteiger partial charge in [-0.3, -0.25) is 9.59 Å². The lowest BCUT2D eigenvalue weighted by molar-refractivity contribution is -0.139. The zero-order chi connectivity index (χ0) is 22.2. The summed E-state index contributed by atoms with van der Waals surface area (Å²) in [7, 11) is 0. The van der Waals surface area contributed by atoms with E-state index in [2.05, 4.69) is 5.32 Å². The monoisotopic (exact) mass is 478 g/mol. The van der Waals surface area contributed by atoms with E-state index in [1.54, 1.807) is 30.0 Å². The van der Waals surface area contributed by atoms with Crippen LogP contribution in [0.1, 0.15) is 44.6 Å². The molecule has 1 atom stereocenters. The molecule has 1 aliphatic carbocycles. The standard InChI is InChI=1S/C24H28Cl2N2O2S/c1-17(24(30)27-20-8-3-2-4-9-20)28(15-18-7-5-6-10-22(18)26)23(29)16-31-21-13-11-19(25)12-14-21/h5-7,10-14,17,20H,2-4,8-9,15-16H2,1H3,(H,27,30). The number of hydrogen-bond donors (Lipinski definition) is 1. The van der Waals surface area contributed by atoms with Gasteiger partial charge in [0.1, 0.15) is 6.04 Å². The predicted octanol–water partition coefficient (Wildman–Crippen LogP) is 5.95. The van der Waals surface area contributed by atoms with Crippen molar-refractivity contribution in [1.29, 1.82) is 0 Å². The Morgan fingerprint density at radius 3 is 2.42 bits per heavy atom. The molecule has 3 rings (SSSR count). The van der Waals surface area contributed by atoms with Gasteiger partial charge in [-0.25, -0.2) is 0 Å². The molecule has 1 aliphatic rings. The van der Waals surface area contributed by atoms with Gasteiger partial charge in [-0.2, -0.15) is 0 Å². The fourth-order valence-corrected chi connectivity index (χ4v) is 4.83. The van der Waals surface area contributed by atoms with Crippen molar-refractivity contribution in [2.45, 2.75) is 62.6 Å². The second kappa shape index (κ2) is 11.8. The van der Waals surface area contributed by atoms with Crippen LogP contribution in [0.4, 0.5) is 0 Å². The van der Waals surface area contributed by atoms with E-state index in [9.17, 15) is 9.59 Å². The van der Waals surface area contributed by atoms with Crippen LogP contribution in [0.15, 0.2) is 53.4 Å². The zero-order valence-electron chi connectivity index (χ0n) is 17.7. The van der Waals surface area contributed by atoms with Crippen LogP contribution in [0, 0.1) is 0 Å². The molecular formula is C24H28Cl2N2O2S. The summed E-state index contributed by atoms with van der Waals surface area (Å²) in [6.07, 6.45) is 5.51. The molecule has 1 saturated carbocycles. The van der Waals surface area contributed by atoms with E-state index in [1.165, 1.54) is 18.2 Å². The van der Waals surface area contributed by atoms with Gasteiger partial charge in [-0.15, -0.1) is 11.8 Å². The molecule has 1 unspecified atom stereocenters. The molecule has 0 radical (unpaired) electrons. The lowest BCUT2D eigenvalue weighted by Crippen LogP contribution is -2.50. The van der Waals surface area contributed by atoms with Gasteiger partial charge in [0.15, 0.2) is 0 Å². The highest BCUT2D eigenvalue weighted by atomic mass is 35.5.